The van der Waals surface area contributed by atoms with E-state index < -0.39 is 0 Å². The number of hydrogen-bond donors (Lipinski definition) is 1. The van der Waals surface area contributed by atoms with E-state index >= 15 is 0 Å². The Hall–Kier alpha value is -2.01. The number of benzene rings is 3. The third-order valence-corrected chi connectivity index (χ3v) is 5.33. The number of rotatable bonds is 3. The summed E-state index contributed by atoms with van der Waals surface area (Å²) in [7, 11) is 0. The molecule has 0 fully saturated rings. The first-order chi connectivity index (χ1) is 13.0. The van der Waals surface area contributed by atoms with Gasteiger partial charge in [0.1, 0.15) is 17.1 Å². The number of oxazole rings is 1. The lowest BCUT2D eigenvalue weighted by molar-refractivity contribution is 0.470. The minimum absolute atomic E-state index is 0.198. The molecule has 134 valence electrons. The quantitative estimate of drug-likeness (QED) is 0.227. The van der Waals surface area contributed by atoms with Gasteiger partial charge in [-0.3, -0.25) is 4.99 Å². The van der Waals surface area contributed by atoms with Gasteiger partial charge in [-0.1, -0.05) is 12.1 Å². The number of aliphatic imine (C=N–C) groups is 1. The highest BCUT2D eigenvalue weighted by atomic mass is 127. The molecule has 0 saturated heterocycles. The van der Waals surface area contributed by atoms with Crippen LogP contribution in [0.25, 0.3) is 22.6 Å². The van der Waals surface area contributed by atoms with Crippen LogP contribution in [0.4, 0.5) is 10.1 Å². The molecule has 4 rings (SSSR count). The average molecular weight is 584 g/mol. The van der Waals surface area contributed by atoms with Crippen molar-refractivity contribution in [3.63, 3.8) is 0 Å². The van der Waals surface area contributed by atoms with Gasteiger partial charge < -0.3 is 9.52 Å². The maximum atomic E-state index is 13.9. The van der Waals surface area contributed by atoms with E-state index in [9.17, 15) is 9.50 Å². The molecule has 0 bridgehead atoms. The molecular weight excluding hydrogens is 573 g/mol. The van der Waals surface area contributed by atoms with Crippen LogP contribution in [-0.4, -0.2) is 16.3 Å². The van der Waals surface area contributed by atoms with Crippen molar-refractivity contribution in [3.05, 3.63) is 73.1 Å². The van der Waals surface area contributed by atoms with Crippen LogP contribution >= 0.6 is 45.2 Å². The van der Waals surface area contributed by atoms with Crippen molar-refractivity contribution >= 4 is 68.2 Å². The molecule has 4 nitrogen and oxygen atoms in total. The molecule has 0 spiro atoms. The van der Waals surface area contributed by atoms with Crippen molar-refractivity contribution in [2.75, 3.05) is 0 Å². The van der Waals surface area contributed by atoms with Crippen LogP contribution in [0.15, 0.2) is 64.0 Å². The van der Waals surface area contributed by atoms with E-state index in [2.05, 4.69) is 55.2 Å². The van der Waals surface area contributed by atoms with Gasteiger partial charge in [-0.2, -0.15) is 0 Å². The molecule has 3 aromatic carbocycles. The molecule has 0 saturated carbocycles. The van der Waals surface area contributed by atoms with Crippen LogP contribution < -0.4 is 0 Å². The molecule has 1 N–H and O–H groups in total. The minimum Gasteiger partial charge on any atom is -0.506 e. The van der Waals surface area contributed by atoms with Gasteiger partial charge in [0.05, 0.1) is 14.8 Å². The summed E-state index contributed by atoms with van der Waals surface area (Å²) in [6.07, 6.45) is 1.61. The van der Waals surface area contributed by atoms with Crippen molar-refractivity contribution in [2.45, 2.75) is 0 Å². The predicted octanol–water partition coefficient (Wildman–Crippen LogP) is 6.30. The van der Waals surface area contributed by atoms with Crippen LogP contribution in [-0.2, 0) is 0 Å². The van der Waals surface area contributed by atoms with E-state index in [1.807, 2.05) is 12.1 Å². The second-order valence-corrected chi connectivity index (χ2v) is 8.14. The SMILES string of the molecule is Oc1c(I)cc(I)cc1C=Nc1ccc2oc(-c3ccccc3F)nc2c1. The van der Waals surface area contributed by atoms with Crippen molar-refractivity contribution in [1.29, 1.82) is 0 Å². The zero-order valence-corrected chi connectivity index (χ0v) is 18.0. The molecule has 0 amide bonds. The highest BCUT2D eigenvalue weighted by molar-refractivity contribution is 14.1. The fourth-order valence-corrected chi connectivity index (χ4v) is 4.46. The lowest BCUT2D eigenvalue weighted by atomic mass is 10.2. The Morgan fingerprint density at radius 1 is 1.07 bits per heavy atom. The Labute approximate surface area is 181 Å². The van der Waals surface area contributed by atoms with Crippen molar-refractivity contribution in [2.24, 2.45) is 4.99 Å². The van der Waals surface area contributed by atoms with Gasteiger partial charge in [-0.25, -0.2) is 9.37 Å². The first-order valence-electron chi connectivity index (χ1n) is 7.89. The van der Waals surface area contributed by atoms with Gasteiger partial charge in [0, 0.05) is 15.3 Å². The largest absolute Gasteiger partial charge is 0.506 e. The molecule has 0 aliphatic carbocycles. The number of phenolic OH excluding ortho intramolecular Hbond substituents is 1. The summed E-state index contributed by atoms with van der Waals surface area (Å²) in [5, 5.41) is 10.2. The number of hydrogen-bond acceptors (Lipinski definition) is 4. The Morgan fingerprint density at radius 2 is 1.89 bits per heavy atom. The molecule has 0 radical (unpaired) electrons. The summed E-state index contributed by atoms with van der Waals surface area (Å²) in [6.45, 7) is 0. The van der Waals surface area contributed by atoms with Gasteiger partial charge >= 0.3 is 0 Å². The van der Waals surface area contributed by atoms with Crippen molar-refractivity contribution in [1.82, 2.24) is 4.98 Å². The van der Waals surface area contributed by atoms with Gasteiger partial charge in [0.2, 0.25) is 5.89 Å². The Bertz CT molecular complexity index is 1190. The zero-order valence-electron chi connectivity index (χ0n) is 13.7. The first kappa shape index (κ1) is 18.4. The van der Waals surface area contributed by atoms with Crippen LogP contribution in [0.1, 0.15) is 5.56 Å². The molecule has 1 aromatic heterocycles. The van der Waals surface area contributed by atoms with Crippen LogP contribution in [0.2, 0.25) is 0 Å². The Morgan fingerprint density at radius 3 is 2.70 bits per heavy atom. The zero-order chi connectivity index (χ0) is 19.0. The van der Waals surface area contributed by atoms with Gasteiger partial charge in [-0.05, 0) is 87.6 Å². The summed E-state index contributed by atoms with van der Waals surface area (Å²) < 4.78 is 21.4. The number of phenols is 1. The lowest BCUT2D eigenvalue weighted by Gasteiger charge is -2.02. The molecule has 4 aromatic rings. The third kappa shape index (κ3) is 3.84. The summed E-state index contributed by atoms with van der Waals surface area (Å²) >= 11 is 4.28. The fraction of sp³-hybridized carbons (Fsp3) is 0. The Balaban J connectivity index is 1.69. The van der Waals surface area contributed by atoms with E-state index in [1.165, 1.54) is 6.07 Å². The monoisotopic (exact) mass is 584 g/mol. The summed E-state index contributed by atoms with van der Waals surface area (Å²) in [5.41, 5.74) is 2.75. The average Bonchev–Trinajstić information content (AvgIpc) is 3.07. The molecule has 0 unspecified atom stereocenters. The van der Waals surface area contributed by atoms with Crippen LogP contribution in [0, 0.1) is 13.0 Å². The number of aromatic nitrogens is 1. The van der Waals surface area contributed by atoms with Crippen LogP contribution in [0.3, 0.4) is 0 Å². The van der Waals surface area contributed by atoms with Gasteiger partial charge in [0.15, 0.2) is 5.58 Å². The third-order valence-electron chi connectivity index (χ3n) is 3.89. The molecule has 1 heterocycles. The number of aromatic hydroxyl groups is 1. The van der Waals surface area contributed by atoms with Crippen LogP contribution in [0.5, 0.6) is 5.75 Å². The summed E-state index contributed by atoms with van der Waals surface area (Å²) in [4.78, 5) is 8.79. The fourth-order valence-electron chi connectivity index (χ4n) is 2.57. The molecule has 7 heteroatoms. The molecule has 0 aliphatic rings. The number of halogens is 3. The molecule has 0 atom stereocenters. The van der Waals surface area contributed by atoms with Gasteiger partial charge in [0.25, 0.3) is 0 Å². The lowest BCUT2D eigenvalue weighted by Crippen LogP contribution is -1.87. The first-order valence-corrected chi connectivity index (χ1v) is 10.0. The summed E-state index contributed by atoms with van der Waals surface area (Å²) in [5.74, 6) is 0.0456. The van der Waals surface area contributed by atoms with Crippen molar-refractivity contribution in [3.8, 4) is 17.2 Å². The maximum absolute atomic E-state index is 13.9. The Kier molecular flexibility index (Phi) is 5.13. The highest BCUT2D eigenvalue weighted by Crippen LogP contribution is 2.29. The maximum Gasteiger partial charge on any atom is 0.230 e. The highest BCUT2D eigenvalue weighted by Gasteiger charge is 2.12. The molecule has 0 aliphatic heterocycles. The minimum atomic E-state index is -0.383. The van der Waals surface area contributed by atoms with E-state index in [0.717, 1.165) is 7.14 Å². The second-order valence-electron chi connectivity index (χ2n) is 5.73. The van der Waals surface area contributed by atoms with E-state index in [0.29, 0.717) is 27.9 Å². The normalized spacial score (nSPS) is 11.5. The van der Waals surface area contributed by atoms with E-state index in [-0.39, 0.29) is 17.5 Å². The van der Waals surface area contributed by atoms with Gasteiger partial charge in [-0.15, -0.1) is 0 Å². The standard InChI is InChI=1S/C20H11FI2N2O2/c21-15-4-2-1-3-14(15)20-25-17-9-13(5-6-18(17)27-20)24-10-11-7-12(22)8-16(23)19(11)26/h1-10,26H. The number of fused-ring (bicyclic) bond motifs is 1. The summed E-state index contributed by atoms with van der Waals surface area (Å²) in [6, 6.07) is 15.4. The molecular formula is C20H11FI2N2O2. The second kappa shape index (κ2) is 7.55. The van der Waals surface area contributed by atoms with E-state index in [4.69, 9.17) is 4.42 Å². The topological polar surface area (TPSA) is 58.6 Å². The van der Waals surface area contributed by atoms with E-state index in [1.54, 1.807) is 42.6 Å². The molecule has 27 heavy (non-hydrogen) atoms. The van der Waals surface area contributed by atoms with Crippen molar-refractivity contribution < 1.29 is 13.9 Å². The number of nitrogens with zero attached hydrogens (tertiary/aromatic N) is 2. The smallest absolute Gasteiger partial charge is 0.230 e. The predicted molar refractivity (Wildman–Crippen MR) is 120 cm³/mol.